The maximum absolute atomic E-state index is 9.41. The third-order valence-electron chi connectivity index (χ3n) is 3.16. The first-order valence-electron chi connectivity index (χ1n) is 5.80. The van der Waals surface area contributed by atoms with Crippen LogP contribution < -0.4 is 0 Å². The number of rotatable bonds is 3. The van der Waals surface area contributed by atoms with Crippen LogP contribution in [-0.4, -0.2) is 24.4 Å². The van der Waals surface area contributed by atoms with Crippen LogP contribution in [0.4, 0.5) is 0 Å². The zero-order chi connectivity index (χ0) is 12.5. The number of aryl methyl sites for hydroxylation is 1. The lowest BCUT2D eigenvalue weighted by Crippen LogP contribution is -2.05. The van der Waals surface area contributed by atoms with Crippen LogP contribution in [0, 0.1) is 0 Å². The van der Waals surface area contributed by atoms with E-state index in [9.17, 15) is 5.11 Å². The van der Waals surface area contributed by atoms with Crippen molar-refractivity contribution in [3.63, 3.8) is 0 Å². The number of nitrogens with zero attached hydrogens (tertiary/aromatic N) is 4. The Bertz CT molecular complexity index is 683. The summed E-state index contributed by atoms with van der Waals surface area (Å²) in [5.41, 5.74) is 1.99. The van der Waals surface area contributed by atoms with Gasteiger partial charge in [0.2, 0.25) is 0 Å². The molecule has 18 heavy (non-hydrogen) atoms. The van der Waals surface area contributed by atoms with E-state index in [1.165, 1.54) is 0 Å². The topological polar surface area (TPSA) is 55.9 Å². The van der Waals surface area contributed by atoms with E-state index in [4.69, 9.17) is 0 Å². The molecule has 3 aromatic rings. The van der Waals surface area contributed by atoms with Crippen LogP contribution >= 0.6 is 0 Å². The summed E-state index contributed by atoms with van der Waals surface area (Å²) in [4.78, 5) is 0. The van der Waals surface area contributed by atoms with Crippen molar-refractivity contribution < 1.29 is 5.11 Å². The average molecular weight is 242 g/mol. The quantitative estimate of drug-likeness (QED) is 0.753. The Hall–Kier alpha value is -2.14. The van der Waals surface area contributed by atoms with E-state index in [2.05, 4.69) is 14.8 Å². The first kappa shape index (κ1) is 11.0. The van der Waals surface area contributed by atoms with Crippen molar-refractivity contribution in [2.75, 3.05) is 0 Å². The number of fused-ring (bicyclic) bond motifs is 1. The molecule has 1 N–H and O–H groups in total. The van der Waals surface area contributed by atoms with Gasteiger partial charge in [-0.2, -0.15) is 0 Å². The third kappa shape index (κ3) is 1.69. The Kier molecular flexibility index (Phi) is 2.60. The lowest BCUT2D eigenvalue weighted by molar-refractivity contribution is 0.283. The van der Waals surface area contributed by atoms with Crippen LogP contribution in [0.25, 0.3) is 10.9 Å². The average Bonchev–Trinajstić information content (AvgIpc) is 2.97. The first-order chi connectivity index (χ1) is 8.79. The summed E-state index contributed by atoms with van der Waals surface area (Å²) in [6.07, 6.45) is 3.70. The van der Waals surface area contributed by atoms with E-state index in [-0.39, 0.29) is 6.61 Å². The molecule has 0 amide bonds. The molecule has 0 saturated heterocycles. The lowest BCUT2D eigenvalue weighted by atomic mass is 10.1. The van der Waals surface area contributed by atoms with Gasteiger partial charge < -0.3 is 14.2 Å². The molecule has 2 aromatic heterocycles. The number of para-hydroxylation sites is 1. The first-order valence-corrected chi connectivity index (χ1v) is 5.80. The van der Waals surface area contributed by atoms with E-state index < -0.39 is 0 Å². The molecule has 0 aliphatic rings. The van der Waals surface area contributed by atoms with Crippen molar-refractivity contribution in [2.45, 2.75) is 13.2 Å². The van der Waals surface area contributed by atoms with Gasteiger partial charge in [-0.25, -0.2) is 0 Å². The van der Waals surface area contributed by atoms with Crippen molar-refractivity contribution >= 4 is 10.9 Å². The van der Waals surface area contributed by atoms with Crippen molar-refractivity contribution in [2.24, 2.45) is 7.05 Å². The van der Waals surface area contributed by atoms with Gasteiger partial charge in [0.05, 0.1) is 18.7 Å². The van der Waals surface area contributed by atoms with Gasteiger partial charge >= 0.3 is 0 Å². The predicted octanol–water partition coefficient (Wildman–Crippen LogP) is 1.31. The standard InChI is InChI=1S/C13H14N4O/c1-16-9-14-15-12(16)7-17-6-5-10-3-2-4-11(8-18)13(10)17/h2-6,9,18H,7-8H2,1H3. The highest BCUT2D eigenvalue weighted by molar-refractivity contribution is 5.83. The number of benzene rings is 1. The Morgan fingerprint density at radius 3 is 2.89 bits per heavy atom. The minimum atomic E-state index is 0.0418. The summed E-state index contributed by atoms with van der Waals surface area (Å²) in [5, 5.41) is 18.5. The molecule has 0 aliphatic carbocycles. The molecular weight excluding hydrogens is 228 g/mol. The van der Waals surface area contributed by atoms with Crippen molar-refractivity contribution in [3.8, 4) is 0 Å². The fourth-order valence-corrected chi connectivity index (χ4v) is 2.20. The number of hydrogen-bond donors (Lipinski definition) is 1. The van der Waals surface area contributed by atoms with Gasteiger partial charge in [0.15, 0.2) is 5.82 Å². The highest BCUT2D eigenvalue weighted by atomic mass is 16.3. The molecule has 1 aromatic carbocycles. The van der Waals surface area contributed by atoms with E-state index >= 15 is 0 Å². The van der Waals surface area contributed by atoms with E-state index in [1.807, 2.05) is 42.1 Å². The SMILES string of the molecule is Cn1cnnc1Cn1ccc2cccc(CO)c21. The summed E-state index contributed by atoms with van der Waals surface area (Å²) >= 11 is 0. The van der Waals surface area contributed by atoms with Gasteiger partial charge in [0.1, 0.15) is 6.33 Å². The summed E-state index contributed by atoms with van der Waals surface area (Å²) in [6, 6.07) is 7.99. The smallest absolute Gasteiger partial charge is 0.152 e. The van der Waals surface area contributed by atoms with Gasteiger partial charge in [-0.1, -0.05) is 18.2 Å². The minimum Gasteiger partial charge on any atom is -0.392 e. The number of aromatic nitrogens is 4. The summed E-state index contributed by atoms with van der Waals surface area (Å²) in [7, 11) is 1.92. The van der Waals surface area contributed by atoms with Gasteiger partial charge in [-0.3, -0.25) is 0 Å². The second kappa shape index (κ2) is 4.27. The fourth-order valence-electron chi connectivity index (χ4n) is 2.20. The van der Waals surface area contributed by atoms with Crippen LogP contribution in [0.3, 0.4) is 0 Å². The van der Waals surface area contributed by atoms with E-state index in [0.717, 1.165) is 22.3 Å². The molecule has 2 heterocycles. The van der Waals surface area contributed by atoms with Crippen molar-refractivity contribution in [1.29, 1.82) is 0 Å². The molecule has 5 nitrogen and oxygen atoms in total. The Balaban J connectivity index is 2.10. The Morgan fingerprint density at radius 2 is 2.17 bits per heavy atom. The van der Waals surface area contributed by atoms with Crippen LogP contribution in [-0.2, 0) is 20.2 Å². The molecule has 0 aliphatic heterocycles. The van der Waals surface area contributed by atoms with Crippen LogP contribution in [0.5, 0.6) is 0 Å². The molecule has 0 bridgehead atoms. The summed E-state index contributed by atoms with van der Waals surface area (Å²) < 4.78 is 3.98. The van der Waals surface area contributed by atoms with Gasteiger partial charge in [-0.15, -0.1) is 10.2 Å². The monoisotopic (exact) mass is 242 g/mol. The molecule has 5 heteroatoms. The highest BCUT2D eigenvalue weighted by Crippen LogP contribution is 2.21. The molecule has 0 unspecified atom stereocenters. The number of aliphatic hydroxyl groups is 1. The Morgan fingerprint density at radius 1 is 1.28 bits per heavy atom. The van der Waals surface area contributed by atoms with Gasteiger partial charge in [0.25, 0.3) is 0 Å². The molecule has 0 radical (unpaired) electrons. The number of hydrogen-bond acceptors (Lipinski definition) is 3. The highest BCUT2D eigenvalue weighted by Gasteiger charge is 2.08. The molecule has 0 atom stereocenters. The van der Waals surface area contributed by atoms with Crippen LogP contribution in [0.1, 0.15) is 11.4 Å². The second-order valence-corrected chi connectivity index (χ2v) is 4.31. The second-order valence-electron chi connectivity index (χ2n) is 4.31. The lowest BCUT2D eigenvalue weighted by Gasteiger charge is -2.07. The largest absolute Gasteiger partial charge is 0.392 e. The normalized spacial score (nSPS) is 11.2. The summed E-state index contributed by atoms with van der Waals surface area (Å²) in [6.45, 7) is 0.692. The zero-order valence-electron chi connectivity index (χ0n) is 10.1. The Labute approximate surface area is 104 Å². The van der Waals surface area contributed by atoms with Crippen LogP contribution in [0.15, 0.2) is 36.8 Å². The maximum Gasteiger partial charge on any atom is 0.152 e. The zero-order valence-corrected chi connectivity index (χ0v) is 10.1. The summed E-state index contributed by atoms with van der Waals surface area (Å²) in [5.74, 6) is 0.889. The third-order valence-corrected chi connectivity index (χ3v) is 3.16. The van der Waals surface area contributed by atoms with E-state index in [0.29, 0.717) is 6.54 Å². The van der Waals surface area contributed by atoms with Crippen molar-refractivity contribution in [1.82, 2.24) is 19.3 Å². The molecule has 3 rings (SSSR count). The predicted molar refractivity (Wildman–Crippen MR) is 68.0 cm³/mol. The number of aliphatic hydroxyl groups excluding tert-OH is 1. The minimum absolute atomic E-state index is 0.0418. The van der Waals surface area contributed by atoms with Crippen molar-refractivity contribution in [3.05, 3.63) is 48.2 Å². The maximum atomic E-state index is 9.41. The van der Waals surface area contributed by atoms with Gasteiger partial charge in [0, 0.05) is 18.8 Å². The molecule has 0 saturated carbocycles. The molecule has 0 spiro atoms. The molecular formula is C13H14N4O. The molecule has 0 fully saturated rings. The molecule has 92 valence electrons. The van der Waals surface area contributed by atoms with E-state index in [1.54, 1.807) is 6.33 Å². The van der Waals surface area contributed by atoms with Gasteiger partial charge in [-0.05, 0) is 11.5 Å². The van der Waals surface area contributed by atoms with Crippen LogP contribution in [0.2, 0.25) is 0 Å². The fraction of sp³-hybridized carbons (Fsp3) is 0.231.